The Bertz CT molecular complexity index is 674. The molecule has 3 rings (SSSR count). The normalized spacial score (nSPS) is 13.8. The van der Waals surface area contributed by atoms with Crippen LogP contribution in [0.25, 0.3) is 0 Å². The van der Waals surface area contributed by atoms with Crippen molar-refractivity contribution in [1.29, 1.82) is 0 Å². The largest absolute Gasteiger partial charge is 0.478 e. The minimum Gasteiger partial charge on any atom is -0.478 e. The number of carbonyl (C=O) groups is 2. The van der Waals surface area contributed by atoms with Gasteiger partial charge >= 0.3 is 5.97 Å². The number of aromatic carboxylic acids is 1. The number of anilines is 1. The van der Waals surface area contributed by atoms with Crippen LogP contribution in [0.4, 0.5) is 5.00 Å². The molecule has 1 aliphatic carbocycles. The number of nitrogens with one attached hydrogen (secondary N) is 1. The van der Waals surface area contributed by atoms with Gasteiger partial charge in [0.15, 0.2) is 5.69 Å². The third-order valence-electron chi connectivity index (χ3n) is 3.25. The number of hydrogen-bond acceptors (Lipinski definition) is 5. The van der Waals surface area contributed by atoms with Crippen molar-refractivity contribution in [2.75, 3.05) is 5.32 Å². The molecular weight excluding hydrogens is 280 g/mol. The van der Waals surface area contributed by atoms with Crippen molar-refractivity contribution in [3.8, 4) is 0 Å². The molecule has 0 bridgehead atoms. The average molecular weight is 292 g/mol. The molecule has 7 heteroatoms. The summed E-state index contributed by atoms with van der Waals surface area (Å²) in [6, 6.07) is 1.43. The van der Waals surface area contributed by atoms with Gasteiger partial charge in [0.2, 0.25) is 0 Å². The Hall–Kier alpha value is -2.15. The maximum atomic E-state index is 12.2. The van der Waals surface area contributed by atoms with Gasteiger partial charge in [0.25, 0.3) is 5.91 Å². The lowest BCUT2D eigenvalue weighted by molar-refractivity contribution is 0.0697. The molecule has 20 heavy (non-hydrogen) atoms. The molecule has 1 amide bonds. The third kappa shape index (κ3) is 2.32. The number of aromatic nitrogens is 1. The summed E-state index contributed by atoms with van der Waals surface area (Å²) < 4.78 is 5.19. The van der Waals surface area contributed by atoms with E-state index in [2.05, 4.69) is 10.5 Å². The molecule has 0 saturated heterocycles. The smallest absolute Gasteiger partial charge is 0.336 e. The third-order valence-corrected chi connectivity index (χ3v) is 4.09. The summed E-state index contributed by atoms with van der Waals surface area (Å²) in [6.45, 7) is 0. The van der Waals surface area contributed by atoms with E-state index in [4.69, 9.17) is 9.63 Å². The van der Waals surface area contributed by atoms with Crippen LogP contribution in [0.3, 0.4) is 0 Å². The van der Waals surface area contributed by atoms with E-state index in [1.807, 2.05) is 0 Å². The topological polar surface area (TPSA) is 92.4 Å². The van der Waals surface area contributed by atoms with E-state index in [0.717, 1.165) is 37.0 Å². The van der Waals surface area contributed by atoms with E-state index >= 15 is 0 Å². The van der Waals surface area contributed by atoms with Crippen molar-refractivity contribution in [2.24, 2.45) is 0 Å². The molecule has 0 fully saturated rings. The van der Waals surface area contributed by atoms with Crippen LogP contribution in [0.15, 0.2) is 16.0 Å². The predicted octanol–water partition coefficient (Wildman–Crippen LogP) is 2.57. The summed E-state index contributed by atoms with van der Waals surface area (Å²) in [7, 11) is 0. The van der Waals surface area contributed by atoms with E-state index in [-0.39, 0.29) is 11.5 Å². The first-order valence-electron chi connectivity index (χ1n) is 6.26. The number of fused-ring (bicyclic) bond motifs is 1. The van der Waals surface area contributed by atoms with E-state index in [1.165, 1.54) is 22.8 Å². The van der Waals surface area contributed by atoms with Crippen LogP contribution in [0.1, 0.15) is 45.0 Å². The van der Waals surface area contributed by atoms with Crippen molar-refractivity contribution >= 4 is 28.2 Å². The fraction of sp³-hybridized carbons (Fsp3) is 0.308. The summed E-state index contributed by atoms with van der Waals surface area (Å²) in [6.07, 6.45) is 3.69. The Kier molecular flexibility index (Phi) is 3.27. The first-order chi connectivity index (χ1) is 9.65. The lowest BCUT2D eigenvalue weighted by Crippen LogP contribution is -2.15. The number of carboxylic acid groups (broad SMARTS) is 1. The molecule has 104 valence electrons. The molecule has 0 saturated carbocycles. The minimum absolute atomic E-state index is 0.160. The molecule has 0 radical (unpaired) electrons. The second-order valence-electron chi connectivity index (χ2n) is 4.60. The molecule has 6 nitrogen and oxygen atoms in total. The van der Waals surface area contributed by atoms with Gasteiger partial charge in [0.1, 0.15) is 5.76 Å². The monoisotopic (exact) mass is 292 g/mol. The highest BCUT2D eigenvalue weighted by Crippen LogP contribution is 2.26. The summed E-state index contributed by atoms with van der Waals surface area (Å²) >= 11 is 1.17. The summed E-state index contributed by atoms with van der Waals surface area (Å²) in [4.78, 5) is 22.9. The second-order valence-corrected chi connectivity index (χ2v) is 5.51. The molecule has 2 aromatic rings. The van der Waals surface area contributed by atoms with Gasteiger partial charge in [-0.15, -0.1) is 11.3 Å². The average Bonchev–Trinajstić information content (AvgIpc) is 3.04. The first kappa shape index (κ1) is 12.9. The predicted molar refractivity (Wildman–Crippen MR) is 72.4 cm³/mol. The van der Waals surface area contributed by atoms with E-state index in [1.54, 1.807) is 0 Å². The van der Waals surface area contributed by atoms with Crippen molar-refractivity contribution in [3.05, 3.63) is 34.0 Å². The van der Waals surface area contributed by atoms with Crippen LogP contribution in [-0.2, 0) is 12.8 Å². The molecule has 2 aromatic heterocycles. The SMILES string of the molecule is O=C(O)c1csc(NC(=O)c2noc3c2CCCC3)c1. The second kappa shape index (κ2) is 5.09. The lowest BCUT2D eigenvalue weighted by Gasteiger charge is -2.08. The molecule has 2 N–H and O–H groups in total. The highest BCUT2D eigenvalue weighted by Gasteiger charge is 2.24. The number of nitrogens with zero attached hydrogens (tertiary/aromatic N) is 1. The Morgan fingerprint density at radius 1 is 1.35 bits per heavy atom. The van der Waals surface area contributed by atoms with Crippen LogP contribution in [0.5, 0.6) is 0 Å². The maximum Gasteiger partial charge on any atom is 0.336 e. The zero-order chi connectivity index (χ0) is 14.1. The first-order valence-corrected chi connectivity index (χ1v) is 7.13. The van der Waals surface area contributed by atoms with Gasteiger partial charge in [0.05, 0.1) is 10.6 Å². The number of aryl methyl sites for hydroxylation is 1. The van der Waals surface area contributed by atoms with E-state index in [0.29, 0.717) is 10.7 Å². The van der Waals surface area contributed by atoms with Gasteiger partial charge in [-0.25, -0.2) is 4.79 Å². The Balaban J connectivity index is 1.79. The fourth-order valence-corrected chi connectivity index (χ4v) is 3.02. The molecule has 0 aliphatic heterocycles. The van der Waals surface area contributed by atoms with Crippen molar-refractivity contribution in [3.63, 3.8) is 0 Å². The number of thiophene rings is 1. The van der Waals surface area contributed by atoms with Gasteiger partial charge in [-0.3, -0.25) is 4.79 Å². The van der Waals surface area contributed by atoms with E-state index < -0.39 is 5.97 Å². The lowest BCUT2D eigenvalue weighted by atomic mass is 9.96. The number of carboxylic acids is 1. The molecule has 2 heterocycles. The molecule has 0 unspecified atom stereocenters. The van der Waals surface area contributed by atoms with Crippen LogP contribution < -0.4 is 5.32 Å². The fourth-order valence-electron chi connectivity index (χ4n) is 2.25. The standard InChI is InChI=1S/C13H12N2O4S/c16-12(14-10-5-7(6-20-10)13(17)18)11-8-3-1-2-4-9(8)19-15-11/h5-6H,1-4H2,(H,14,16)(H,17,18). The van der Waals surface area contributed by atoms with Crippen LogP contribution in [-0.4, -0.2) is 22.1 Å². The Labute approximate surface area is 118 Å². The Morgan fingerprint density at radius 2 is 2.15 bits per heavy atom. The van der Waals surface area contributed by atoms with Gasteiger partial charge in [-0.1, -0.05) is 5.16 Å². The minimum atomic E-state index is -1.01. The van der Waals surface area contributed by atoms with Gasteiger partial charge < -0.3 is 14.9 Å². The molecule has 1 aliphatic rings. The Morgan fingerprint density at radius 3 is 2.90 bits per heavy atom. The summed E-state index contributed by atoms with van der Waals surface area (Å²) in [5.41, 5.74) is 1.35. The number of rotatable bonds is 3. The summed E-state index contributed by atoms with van der Waals surface area (Å²) in [5, 5.41) is 17.3. The molecular formula is C13H12N2O4S. The van der Waals surface area contributed by atoms with Crippen LogP contribution in [0.2, 0.25) is 0 Å². The van der Waals surface area contributed by atoms with Gasteiger partial charge in [-0.05, 0) is 25.3 Å². The zero-order valence-electron chi connectivity index (χ0n) is 10.5. The van der Waals surface area contributed by atoms with Gasteiger partial charge in [-0.2, -0.15) is 0 Å². The quantitative estimate of drug-likeness (QED) is 0.907. The molecule has 0 aromatic carbocycles. The van der Waals surface area contributed by atoms with Crippen molar-refractivity contribution in [2.45, 2.75) is 25.7 Å². The maximum absolute atomic E-state index is 12.2. The van der Waals surface area contributed by atoms with E-state index in [9.17, 15) is 9.59 Å². The molecule has 0 atom stereocenters. The van der Waals surface area contributed by atoms with Crippen molar-refractivity contribution in [1.82, 2.24) is 5.16 Å². The van der Waals surface area contributed by atoms with Crippen LogP contribution >= 0.6 is 11.3 Å². The van der Waals surface area contributed by atoms with Gasteiger partial charge in [0, 0.05) is 17.4 Å². The van der Waals surface area contributed by atoms with Crippen LogP contribution in [0, 0.1) is 0 Å². The number of hydrogen-bond donors (Lipinski definition) is 2. The number of amides is 1. The van der Waals surface area contributed by atoms with Crippen molar-refractivity contribution < 1.29 is 19.2 Å². The molecule has 0 spiro atoms. The zero-order valence-corrected chi connectivity index (χ0v) is 11.3. The highest BCUT2D eigenvalue weighted by molar-refractivity contribution is 7.14. The summed E-state index contributed by atoms with van der Waals surface area (Å²) in [5.74, 6) is -0.574. The number of carbonyl (C=O) groups excluding carboxylic acids is 1. The highest BCUT2D eigenvalue weighted by atomic mass is 32.1.